The Morgan fingerprint density at radius 1 is 1.07 bits per heavy atom. The van der Waals surface area contributed by atoms with E-state index in [0.29, 0.717) is 31.1 Å². The van der Waals surface area contributed by atoms with Crippen LogP contribution >= 0.6 is 0 Å². The average Bonchev–Trinajstić information content (AvgIpc) is 2.63. The Balaban J connectivity index is 1.56. The van der Waals surface area contributed by atoms with Gasteiger partial charge < -0.3 is 15.0 Å². The van der Waals surface area contributed by atoms with Gasteiger partial charge in [0.15, 0.2) is 6.10 Å². The zero-order valence-electron chi connectivity index (χ0n) is 15.9. The Morgan fingerprint density at radius 3 is 2.56 bits per heavy atom. The summed E-state index contributed by atoms with van der Waals surface area (Å²) in [7, 11) is 3.72. The molecule has 6 nitrogen and oxygen atoms in total. The highest BCUT2D eigenvalue weighted by Gasteiger charge is 2.23. The number of benzene rings is 2. The van der Waals surface area contributed by atoms with Crippen LogP contribution in [0, 0.1) is 0 Å². The molecule has 142 valence electrons. The molecule has 0 aromatic heterocycles. The highest BCUT2D eigenvalue weighted by molar-refractivity contribution is 5.97. The molecule has 1 aliphatic heterocycles. The van der Waals surface area contributed by atoms with Gasteiger partial charge in [0.25, 0.3) is 5.91 Å². The molecule has 0 aliphatic carbocycles. The Morgan fingerprint density at radius 2 is 1.81 bits per heavy atom. The van der Waals surface area contributed by atoms with E-state index in [-0.39, 0.29) is 11.8 Å². The molecule has 6 heteroatoms. The molecule has 2 aromatic rings. The number of likely N-dealkylation sites (N-methyl/N-ethyl adjacent to an activating group) is 2. The van der Waals surface area contributed by atoms with E-state index in [1.807, 2.05) is 67.5 Å². The number of rotatable bonds is 6. The van der Waals surface area contributed by atoms with Gasteiger partial charge >= 0.3 is 0 Å². The summed E-state index contributed by atoms with van der Waals surface area (Å²) in [5.41, 5.74) is 2.79. The Hall–Kier alpha value is -2.86. The van der Waals surface area contributed by atoms with Crippen molar-refractivity contribution < 1.29 is 14.3 Å². The van der Waals surface area contributed by atoms with Gasteiger partial charge in [0, 0.05) is 20.1 Å². The molecule has 27 heavy (non-hydrogen) atoms. The molecule has 0 saturated carbocycles. The number of anilines is 1. The molecular formula is C21H25N3O3. The van der Waals surface area contributed by atoms with Gasteiger partial charge in [0.2, 0.25) is 5.91 Å². The molecule has 0 saturated heterocycles. The number of fused-ring (bicyclic) bond motifs is 1. The van der Waals surface area contributed by atoms with Crippen molar-refractivity contribution in [1.29, 1.82) is 0 Å². The number of carbonyl (C=O) groups excluding carboxylic acids is 2. The molecule has 0 bridgehead atoms. The molecule has 0 fully saturated rings. The lowest BCUT2D eigenvalue weighted by atomic mass is 10.1. The number of hydrogen-bond donors (Lipinski definition) is 1. The van der Waals surface area contributed by atoms with Crippen LogP contribution in [-0.2, 0) is 22.7 Å². The first-order valence-corrected chi connectivity index (χ1v) is 8.99. The normalized spacial score (nSPS) is 15.7. The van der Waals surface area contributed by atoms with Crippen molar-refractivity contribution >= 4 is 17.5 Å². The summed E-state index contributed by atoms with van der Waals surface area (Å²) in [6.07, 6.45) is -0.483. The van der Waals surface area contributed by atoms with Crippen LogP contribution in [0.4, 0.5) is 5.69 Å². The van der Waals surface area contributed by atoms with Crippen LogP contribution in [0.5, 0.6) is 5.75 Å². The van der Waals surface area contributed by atoms with Crippen molar-refractivity contribution in [3.05, 3.63) is 59.7 Å². The maximum absolute atomic E-state index is 12.5. The van der Waals surface area contributed by atoms with Crippen molar-refractivity contribution in [3.8, 4) is 5.75 Å². The van der Waals surface area contributed by atoms with Gasteiger partial charge in [-0.25, -0.2) is 0 Å². The second kappa shape index (κ2) is 8.22. The highest BCUT2D eigenvalue weighted by Crippen LogP contribution is 2.30. The third kappa shape index (κ3) is 4.86. The van der Waals surface area contributed by atoms with Crippen molar-refractivity contribution in [2.75, 3.05) is 26.0 Å². The molecule has 1 N–H and O–H groups in total. The molecule has 1 aliphatic rings. The number of hydrogen-bond acceptors (Lipinski definition) is 4. The van der Waals surface area contributed by atoms with Crippen LogP contribution in [0.25, 0.3) is 0 Å². The topological polar surface area (TPSA) is 61.9 Å². The molecule has 1 unspecified atom stereocenters. The first-order chi connectivity index (χ1) is 12.9. The third-order valence-electron chi connectivity index (χ3n) is 4.52. The quantitative estimate of drug-likeness (QED) is 0.852. The summed E-state index contributed by atoms with van der Waals surface area (Å²) in [5, 5.41) is 2.85. The van der Waals surface area contributed by atoms with Gasteiger partial charge in [-0.05, 0) is 37.2 Å². The van der Waals surface area contributed by atoms with Crippen LogP contribution in [0.1, 0.15) is 18.1 Å². The predicted octanol–water partition coefficient (Wildman–Crippen LogP) is 2.50. The largest absolute Gasteiger partial charge is 0.479 e. The van der Waals surface area contributed by atoms with E-state index in [9.17, 15) is 9.59 Å². The third-order valence-corrected chi connectivity index (χ3v) is 4.52. The second-order valence-corrected chi connectivity index (χ2v) is 6.99. The minimum Gasteiger partial charge on any atom is -0.479 e. The lowest BCUT2D eigenvalue weighted by Crippen LogP contribution is -2.36. The minimum atomic E-state index is -0.483. The van der Waals surface area contributed by atoms with Crippen LogP contribution < -0.4 is 10.1 Å². The number of ether oxygens (including phenoxy) is 1. The first-order valence-electron chi connectivity index (χ1n) is 8.99. The zero-order valence-corrected chi connectivity index (χ0v) is 15.9. The summed E-state index contributed by atoms with van der Waals surface area (Å²) in [4.78, 5) is 27.9. The molecule has 1 heterocycles. The number of carbonyl (C=O) groups is 2. The zero-order chi connectivity index (χ0) is 19.4. The van der Waals surface area contributed by atoms with Crippen LogP contribution in [0.2, 0.25) is 0 Å². The number of nitrogens with zero attached hydrogens (tertiary/aromatic N) is 2. The highest BCUT2D eigenvalue weighted by atomic mass is 16.5. The van der Waals surface area contributed by atoms with E-state index in [2.05, 4.69) is 5.32 Å². The molecular weight excluding hydrogens is 342 g/mol. The van der Waals surface area contributed by atoms with Gasteiger partial charge in [-0.3, -0.25) is 14.5 Å². The fourth-order valence-electron chi connectivity index (χ4n) is 3.02. The first kappa shape index (κ1) is 18.9. The van der Waals surface area contributed by atoms with Crippen molar-refractivity contribution in [2.24, 2.45) is 0 Å². The molecule has 2 amide bonds. The second-order valence-electron chi connectivity index (χ2n) is 6.99. The van der Waals surface area contributed by atoms with Crippen LogP contribution in [0.15, 0.2) is 48.5 Å². The molecule has 0 spiro atoms. The predicted molar refractivity (Wildman–Crippen MR) is 104 cm³/mol. The van der Waals surface area contributed by atoms with E-state index >= 15 is 0 Å². The summed E-state index contributed by atoms with van der Waals surface area (Å²) >= 11 is 0. The monoisotopic (exact) mass is 367 g/mol. The van der Waals surface area contributed by atoms with E-state index < -0.39 is 6.10 Å². The SMILES string of the molecule is CC1Oc2ccc(CN(C)CC(=O)N(C)Cc3ccccc3)cc2NC1=O. The molecule has 0 radical (unpaired) electrons. The lowest BCUT2D eigenvalue weighted by molar-refractivity contribution is -0.131. The molecule has 2 aromatic carbocycles. The van der Waals surface area contributed by atoms with E-state index in [1.165, 1.54) is 0 Å². The fraction of sp³-hybridized carbons (Fsp3) is 0.333. The Kier molecular flexibility index (Phi) is 5.76. The fourth-order valence-corrected chi connectivity index (χ4v) is 3.02. The van der Waals surface area contributed by atoms with E-state index in [4.69, 9.17) is 4.74 Å². The van der Waals surface area contributed by atoms with Crippen molar-refractivity contribution in [2.45, 2.75) is 26.1 Å². The van der Waals surface area contributed by atoms with Gasteiger partial charge in [-0.15, -0.1) is 0 Å². The average molecular weight is 367 g/mol. The van der Waals surface area contributed by atoms with Gasteiger partial charge in [0.1, 0.15) is 5.75 Å². The van der Waals surface area contributed by atoms with Crippen LogP contribution in [-0.4, -0.2) is 48.4 Å². The van der Waals surface area contributed by atoms with E-state index in [1.54, 1.807) is 11.8 Å². The van der Waals surface area contributed by atoms with Crippen molar-refractivity contribution in [1.82, 2.24) is 9.80 Å². The Labute approximate surface area is 159 Å². The van der Waals surface area contributed by atoms with Crippen molar-refractivity contribution in [3.63, 3.8) is 0 Å². The van der Waals surface area contributed by atoms with Crippen LogP contribution in [0.3, 0.4) is 0 Å². The molecule has 1 atom stereocenters. The summed E-state index contributed by atoms with van der Waals surface area (Å²) in [6.45, 7) is 3.23. The maximum Gasteiger partial charge on any atom is 0.265 e. The van der Waals surface area contributed by atoms with E-state index in [0.717, 1.165) is 11.1 Å². The van der Waals surface area contributed by atoms with Gasteiger partial charge in [-0.2, -0.15) is 0 Å². The summed E-state index contributed by atoms with van der Waals surface area (Å²) in [5.74, 6) is 0.586. The Bertz CT molecular complexity index is 823. The molecule has 3 rings (SSSR count). The van der Waals surface area contributed by atoms with Gasteiger partial charge in [-0.1, -0.05) is 36.4 Å². The smallest absolute Gasteiger partial charge is 0.265 e. The number of amides is 2. The standard InChI is InChI=1S/C21H25N3O3/c1-15-21(26)22-18-11-17(9-10-19(18)27-15)12-23(2)14-20(25)24(3)13-16-7-5-4-6-8-16/h4-11,15H,12-14H2,1-3H3,(H,22,26). The summed E-state index contributed by atoms with van der Waals surface area (Å²) in [6, 6.07) is 15.6. The number of nitrogens with one attached hydrogen (secondary N) is 1. The van der Waals surface area contributed by atoms with Gasteiger partial charge in [0.05, 0.1) is 12.2 Å². The lowest BCUT2D eigenvalue weighted by Gasteiger charge is -2.25. The minimum absolute atomic E-state index is 0.0600. The summed E-state index contributed by atoms with van der Waals surface area (Å²) < 4.78 is 5.57. The maximum atomic E-state index is 12.5.